The van der Waals surface area contributed by atoms with Gasteiger partial charge in [0.2, 0.25) is 5.91 Å². The van der Waals surface area contributed by atoms with Crippen molar-refractivity contribution in [1.29, 1.82) is 0 Å². The molecule has 0 fully saturated rings. The summed E-state index contributed by atoms with van der Waals surface area (Å²) in [6.45, 7) is 7.26. The van der Waals surface area contributed by atoms with Gasteiger partial charge in [-0.3, -0.25) is 19.0 Å². The minimum absolute atomic E-state index is 0.241. The van der Waals surface area contributed by atoms with Crippen LogP contribution in [0.1, 0.15) is 43.6 Å². The standard InChI is InChI=1S/C27H26N4O5S/c1-5-36-27(35)18-7-6-8-19(12-18)29-21(32)13-31-14-28-25-22(26(31)34)17(4)23(37-25)24(33)30-20-10-9-15(2)11-16(20)3/h6-12,14H,5,13H2,1-4H3,(H,29,32)(H,30,33). The zero-order valence-electron chi connectivity index (χ0n) is 20.9. The Balaban J connectivity index is 1.54. The molecule has 0 saturated carbocycles. The Kier molecular flexibility index (Phi) is 7.49. The van der Waals surface area contributed by atoms with E-state index in [2.05, 4.69) is 15.6 Å². The second-order valence-electron chi connectivity index (χ2n) is 8.54. The van der Waals surface area contributed by atoms with Gasteiger partial charge in [0.1, 0.15) is 11.4 Å². The molecule has 0 radical (unpaired) electrons. The van der Waals surface area contributed by atoms with Gasteiger partial charge in [-0.05, 0) is 63.1 Å². The number of amides is 2. The number of benzene rings is 2. The highest BCUT2D eigenvalue weighted by atomic mass is 32.1. The van der Waals surface area contributed by atoms with Crippen molar-refractivity contribution in [2.24, 2.45) is 0 Å². The van der Waals surface area contributed by atoms with Crippen LogP contribution in [0.3, 0.4) is 0 Å². The van der Waals surface area contributed by atoms with E-state index >= 15 is 0 Å². The van der Waals surface area contributed by atoms with Gasteiger partial charge < -0.3 is 15.4 Å². The lowest BCUT2D eigenvalue weighted by Gasteiger charge is -2.09. The highest BCUT2D eigenvalue weighted by Crippen LogP contribution is 2.28. The zero-order valence-corrected chi connectivity index (χ0v) is 21.7. The van der Waals surface area contributed by atoms with E-state index in [1.54, 1.807) is 32.0 Å². The average molecular weight is 519 g/mol. The van der Waals surface area contributed by atoms with Crippen LogP contribution < -0.4 is 16.2 Å². The molecule has 0 spiro atoms. The van der Waals surface area contributed by atoms with Gasteiger partial charge in [0, 0.05) is 11.4 Å². The molecule has 0 atom stereocenters. The van der Waals surface area contributed by atoms with Crippen LogP contribution in [0.2, 0.25) is 0 Å². The summed E-state index contributed by atoms with van der Waals surface area (Å²) in [7, 11) is 0. The van der Waals surface area contributed by atoms with Crippen LogP contribution in [-0.4, -0.2) is 33.9 Å². The fourth-order valence-electron chi connectivity index (χ4n) is 3.91. The van der Waals surface area contributed by atoms with E-state index in [9.17, 15) is 19.2 Å². The molecule has 37 heavy (non-hydrogen) atoms. The van der Waals surface area contributed by atoms with Crippen molar-refractivity contribution in [2.45, 2.75) is 34.2 Å². The molecule has 4 rings (SSSR count). The molecule has 2 aromatic heterocycles. The SMILES string of the molecule is CCOC(=O)c1cccc(NC(=O)Cn2cnc3sc(C(=O)Nc4ccc(C)cc4C)c(C)c3c2=O)c1. The molecule has 2 N–H and O–H groups in total. The van der Waals surface area contributed by atoms with Gasteiger partial charge in [-0.15, -0.1) is 11.3 Å². The summed E-state index contributed by atoms with van der Waals surface area (Å²) in [5.74, 6) is -1.28. The van der Waals surface area contributed by atoms with Gasteiger partial charge in [0.25, 0.3) is 11.5 Å². The van der Waals surface area contributed by atoms with E-state index < -0.39 is 17.4 Å². The topological polar surface area (TPSA) is 119 Å². The Morgan fingerprint density at radius 2 is 1.84 bits per heavy atom. The highest BCUT2D eigenvalue weighted by Gasteiger charge is 2.21. The lowest BCUT2D eigenvalue weighted by Crippen LogP contribution is -2.28. The van der Waals surface area contributed by atoms with Gasteiger partial charge in [-0.1, -0.05) is 23.8 Å². The Bertz CT molecular complexity index is 1590. The van der Waals surface area contributed by atoms with Crippen LogP contribution in [0, 0.1) is 20.8 Å². The smallest absolute Gasteiger partial charge is 0.338 e. The van der Waals surface area contributed by atoms with Gasteiger partial charge >= 0.3 is 5.97 Å². The molecular weight excluding hydrogens is 492 g/mol. The summed E-state index contributed by atoms with van der Waals surface area (Å²) in [6, 6.07) is 12.1. The number of hydrogen-bond acceptors (Lipinski definition) is 7. The number of rotatable bonds is 7. The maximum absolute atomic E-state index is 13.2. The molecule has 0 aliphatic heterocycles. The lowest BCUT2D eigenvalue weighted by molar-refractivity contribution is -0.116. The first-order chi connectivity index (χ1) is 17.7. The Labute approximate surface area is 217 Å². The Hall–Kier alpha value is -4.31. The van der Waals surface area contributed by atoms with Crippen LogP contribution >= 0.6 is 11.3 Å². The third kappa shape index (κ3) is 5.59. The predicted octanol–water partition coefficient (Wildman–Crippen LogP) is 4.45. The van der Waals surface area contributed by atoms with Crippen molar-refractivity contribution in [1.82, 2.24) is 9.55 Å². The number of anilines is 2. The predicted molar refractivity (Wildman–Crippen MR) is 144 cm³/mol. The largest absolute Gasteiger partial charge is 0.462 e. The van der Waals surface area contributed by atoms with Crippen molar-refractivity contribution >= 4 is 50.7 Å². The van der Waals surface area contributed by atoms with Crippen molar-refractivity contribution in [3.05, 3.63) is 86.3 Å². The Morgan fingerprint density at radius 3 is 2.57 bits per heavy atom. The fraction of sp³-hybridized carbons (Fsp3) is 0.222. The molecule has 4 aromatic rings. The molecule has 0 aliphatic carbocycles. The van der Waals surface area contributed by atoms with E-state index in [0.717, 1.165) is 22.5 Å². The van der Waals surface area contributed by atoms with Gasteiger partial charge in [-0.2, -0.15) is 0 Å². The molecule has 2 aromatic carbocycles. The number of ether oxygens (including phenoxy) is 1. The summed E-state index contributed by atoms with van der Waals surface area (Å²) in [6.07, 6.45) is 1.29. The number of esters is 1. The van der Waals surface area contributed by atoms with Crippen LogP contribution in [0.25, 0.3) is 10.2 Å². The number of fused-ring (bicyclic) bond motifs is 1. The molecule has 0 saturated heterocycles. The maximum Gasteiger partial charge on any atom is 0.338 e. The van der Waals surface area contributed by atoms with Crippen molar-refractivity contribution < 1.29 is 19.1 Å². The summed E-state index contributed by atoms with van der Waals surface area (Å²) < 4.78 is 6.17. The molecule has 0 bridgehead atoms. The number of aromatic nitrogens is 2. The molecule has 10 heteroatoms. The number of nitrogens with one attached hydrogen (secondary N) is 2. The second-order valence-corrected chi connectivity index (χ2v) is 9.53. The van der Waals surface area contributed by atoms with Crippen LogP contribution in [0.5, 0.6) is 0 Å². The number of carbonyl (C=O) groups is 3. The van der Waals surface area contributed by atoms with Gasteiger partial charge in [-0.25, -0.2) is 9.78 Å². The van der Waals surface area contributed by atoms with E-state index in [-0.39, 0.29) is 19.1 Å². The minimum Gasteiger partial charge on any atom is -0.462 e. The molecule has 9 nitrogen and oxygen atoms in total. The molecule has 0 unspecified atom stereocenters. The number of carbonyl (C=O) groups excluding carboxylic acids is 3. The Morgan fingerprint density at radius 1 is 1.05 bits per heavy atom. The molecule has 2 amide bonds. The third-order valence-electron chi connectivity index (χ3n) is 5.73. The average Bonchev–Trinajstić information content (AvgIpc) is 3.20. The monoisotopic (exact) mass is 518 g/mol. The number of thiophene rings is 1. The quantitative estimate of drug-likeness (QED) is 0.349. The first-order valence-electron chi connectivity index (χ1n) is 11.6. The van der Waals surface area contributed by atoms with Crippen molar-refractivity contribution in [2.75, 3.05) is 17.2 Å². The molecule has 190 valence electrons. The van der Waals surface area contributed by atoms with Gasteiger partial charge in [0.05, 0.1) is 28.8 Å². The van der Waals surface area contributed by atoms with Crippen LogP contribution in [-0.2, 0) is 16.1 Å². The van der Waals surface area contributed by atoms with E-state index in [4.69, 9.17) is 4.74 Å². The first-order valence-corrected chi connectivity index (χ1v) is 12.4. The normalized spacial score (nSPS) is 10.8. The molecule has 2 heterocycles. The number of hydrogen-bond donors (Lipinski definition) is 2. The second kappa shape index (κ2) is 10.8. The lowest BCUT2D eigenvalue weighted by atomic mass is 10.1. The van der Waals surface area contributed by atoms with E-state index in [1.165, 1.54) is 17.0 Å². The zero-order chi connectivity index (χ0) is 26.7. The number of nitrogens with zero attached hydrogens (tertiary/aromatic N) is 2. The van der Waals surface area contributed by atoms with Crippen molar-refractivity contribution in [3.63, 3.8) is 0 Å². The fourth-order valence-corrected chi connectivity index (χ4v) is 4.95. The van der Waals surface area contributed by atoms with E-state index in [1.807, 2.05) is 32.0 Å². The summed E-state index contributed by atoms with van der Waals surface area (Å²) in [4.78, 5) is 55.9. The van der Waals surface area contributed by atoms with Crippen LogP contribution in [0.4, 0.5) is 11.4 Å². The van der Waals surface area contributed by atoms with E-state index in [0.29, 0.717) is 37.6 Å². The number of aryl methyl sites for hydroxylation is 3. The van der Waals surface area contributed by atoms with Crippen molar-refractivity contribution in [3.8, 4) is 0 Å². The first kappa shape index (κ1) is 25.8. The third-order valence-corrected chi connectivity index (χ3v) is 6.92. The highest BCUT2D eigenvalue weighted by molar-refractivity contribution is 7.20. The molecular formula is C27H26N4O5S. The summed E-state index contributed by atoms with van der Waals surface area (Å²) >= 11 is 1.13. The van der Waals surface area contributed by atoms with Gasteiger partial charge in [0.15, 0.2) is 0 Å². The maximum atomic E-state index is 13.2. The minimum atomic E-state index is -0.491. The summed E-state index contributed by atoms with van der Waals surface area (Å²) in [5.41, 5.74) is 3.52. The molecule has 0 aliphatic rings. The van der Waals surface area contributed by atoms with Crippen LogP contribution in [0.15, 0.2) is 53.6 Å². The summed E-state index contributed by atoms with van der Waals surface area (Å²) in [5, 5.41) is 5.89.